The van der Waals surface area contributed by atoms with Gasteiger partial charge in [0, 0.05) is 38.3 Å². The number of hydrogen-bond acceptors (Lipinski definition) is 3. The van der Waals surface area contributed by atoms with Gasteiger partial charge in [0.05, 0.1) is 17.4 Å². The summed E-state index contributed by atoms with van der Waals surface area (Å²) in [5.74, 6) is 2.54. The van der Waals surface area contributed by atoms with Gasteiger partial charge in [-0.3, -0.25) is 14.4 Å². The molecule has 7 nitrogen and oxygen atoms in total. The quantitative estimate of drug-likeness (QED) is 0.626. The van der Waals surface area contributed by atoms with Gasteiger partial charge in [0.2, 0.25) is 0 Å². The summed E-state index contributed by atoms with van der Waals surface area (Å²) in [7, 11) is 3.31. The molecule has 0 fully saturated rings. The molecule has 1 aliphatic rings. The number of carbonyl (C=O) groups is 2. The molecule has 1 aromatic heterocycles. The molecule has 4 rings (SSSR count). The van der Waals surface area contributed by atoms with E-state index in [1.165, 1.54) is 0 Å². The Morgan fingerprint density at radius 3 is 2.64 bits per heavy atom. The monoisotopic (exact) mass is 441 g/mol. The third-order valence-corrected chi connectivity index (χ3v) is 5.95. The molecule has 168 valence electrons. The molecular formula is C26H27N5O2. The molecule has 1 N–H and O–H groups in total. The highest BCUT2D eigenvalue weighted by Gasteiger charge is 2.31. The Morgan fingerprint density at radius 2 is 1.97 bits per heavy atom. The van der Waals surface area contributed by atoms with Crippen LogP contribution in [0.15, 0.2) is 48.5 Å². The van der Waals surface area contributed by atoms with E-state index in [1.807, 2.05) is 67.3 Å². The van der Waals surface area contributed by atoms with Gasteiger partial charge in [-0.05, 0) is 49.2 Å². The molecule has 1 atom stereocenters. The number of urea groups is 1. The summed E-state index contributed by atoms with van der Waals surface area (Å²) < 4.78 is 1.79. The molecule has 0 aliphatic carbocycles. The molecule has 33 heavy (non-hydrogen) atoms. The van der Waals surface area contributed by atoms with Crippen molar-refractivity contribution in [1.82, 2.24) is 20.0 Å². The van der Waals surface area contributed by atoms with Crippen LogP contribution in [0.1, 0.15) is 40.1 Å². The summed E-state index contributed by atoms with van der Waals surface area (Å²) in [6.07, 6.45) is 5.44. The second-order valence-electron chi connectivity index (χ2n) is 8.37. The van der Waals surface area contributed by atoms with E-state index in [0.29, 0.717) is 24.5 Å². The smallest absolute Gasteiger partial charge is 0.321 e. The highest BCUT2D eigenvalue weighted by Crippen LogP contribution is 2.33. The topological polar surface area (TPSA) is 70.5 Å². The zero-order valence-corrected chi connectivity index (χ0v) is 19.3. The predicted octanol–water partition coefficient (Wildman–Crippen LogP) is 3.83. The molecule has 0 radical (unpaired) electrons. The van der Waals surface area contributed by atoms with Gasteiger partial charge in [-0.15, -0.1) is 6.42 Å². The fourth-order valence-corrected chi connectivity index (χ4v) is 4.14. The third-order valence-electron chi connectivity index (χ3n) is 5.95. The molecular weight excluding hydrogens is 414 g/mol. The number of anilines is 1. The maximum atomic E-state index is 13.3. The first-order chi connectivity index (χ1) is 15.8. The van der Waals surface area contributed by atoms with E-state index in [2.05, 4.69) is 11.2 Å². The fourth-order valence-electron chi connectivity index (χ4n) is 4.14. The lowest BCUT2D eigenvalue weighted by molar-refractivity contribution is 0.0651. The van der Waals surface area contributed by atoms with Crippen LogP contribution in [0.25, 0.3) is 11.3 Å². The summed E-state index contributed by atoms with van der Waals surface area (Å²) in [5, 5.41) is 7.41. The zero-order valence-electron chi connectivity index (χ0n) is 19.3. The van der Waals surface area contributed by atoms with Gasteiger partial charge in [-0.1, -0.05) is 30.2 Å². The van der Waals surface area contributed by atoms with Crippen molar-refractivity contribution in [3.05, 3.63) is 70.9 Å². The van der Waals surface area contributed by atoms with E-state index in [1.54, 1.807) is 23.7 Å². The number of fused-ring (bicyclic) bond motifs is 1. The highest BCUT2D eigenvalue weighted by atomic mass is 16.2. The van der Waals surface area contributed by atoms with Crippen LogP contribution in [0, 0.1) is 19.3 Å². The second kappa shape index (κ2) is 8.83. The van der Waals surface area contributed by atoms with Crippen molar-refractivity contribution in [2.24, 2.45) is 0 Å². The Balaban J connectivity index is 1.67. The fraction of sp³-hybridized carbons (Fsp3) is 0.269. The maximum absolute atomic E-state index is 13.3. The number of rotatable bonds is 4. The molecule has 0 saturated heterocycles. The van der Waals surface area contributed by atoms with E-state index >= 15 is 0 Å². The molecule has 3 amide bonds. The summed E-state index contributed by atoms with van der Waals surface area (Å²) >= 11 is 0. The minimum Gasteiger partial charge on any atom is -0.341 e. The van der Waals surface area contributed by atoms with Crippen molar-refractivity contribution >= 4 is 17.6 Å². The summed E-state index contributed by atoms with van der Waals surface area (Å²) in [4.78, 5) is 29.0. The van der Waals surface area contributed by atoms with E-state index in [9.17, 15) is 9.59 Å². The van der Waals surface area contributed by atoms with Gasteiger partial charge in [-0.2, -0.15) is 5.10 Å². The number of hydrogen-bond donors (Lipinski definition) is 1. The van der Waals surface area contributed by atoms with Gasteiger partial charge < -0.3 is 10.2 Å². The zero-order chi connectivity index (χ0) is 23.7. The van der Waals surface area contributed by atoms with Crippen LogP contribution in [-0.2, 0) is 6.54 Å². The SMILES string of the molecule is C#Cc1ccc(CN2CC(C)n3nc(-c4ccc(C)cc4N(C)C(=O)NC)cc3C2=O)cc1. The molecule has 1 unspecified atom stereocenters. The normalized spacial score (nSPS) is 15.1. The van der Waals surface area contributed by atoms with Crippen LogP contribution in [0.5, 0.6) is 0 Å². The number of carbonyl (C=O) groups excluding carboxylic acids is 2. The molecule has 1 aliphatic heterocycles. The number of amides is 3. The first kappa shape index (κ1) is 22.2. The molecule has 0 spiro atoms. The van der Waals surface area contributed by atoms with Crippen molar-refractivity contribution in [3.63, 3.8) is 0 Å². The Morgan fingerprint density at radius 1 is 1.24 bits per heavy atom. The van der Waals surface area contributed by atoms with Gasteiger partial charge in [0.25, 0.3) is 5.91 Å². The van der Waals surface area contributed by atoms with Crippen molar-refractivity contribution in [2.75, 3.05) is 25.5 Å². The average Bonchev–Trinajstić information content (AvgIpc) is 3.28. The van der Waals surface area contributed by atoms with Gasteiger partial charge in [-0.25, -0.2) is 4.79 Å². The summed E-state index contributed by atoms with van der Waals surface area (Å²) in [5.41, 5.74) is 5.60. The van der Waals surface area contributed by atoms with Crippen LogP contribution >= 0.6 is 0 Å². The number of nitrogens with zero attached hydrogens (tertiary/aromatic N) is 4. The summed E-state index contributed by atoms with van der Waals surface area (Å²) in [6.45, 7) is 5.09. The molecule has 3 aromatic rings. The Hall–Kier alpha value is -4.05. The second-order valence-corrected chi connectivity index (χ2v) is 8.37. The molecule has 0 saturated carbocycles. The minimum absolute atomic E-state index is 0.0157. The van der Waals surface area contributed by atoms with Crippen molar-refractivity contribution < 1.29 is 9.59 Å². The highest BCUT2D eigenvalue weighted by molar-refractivity contribution is 5.98. The van der Waals surface area contributed by atoms with Crippen molar-refractivity contribution in [2.45, 2.75) is 26.4 Å². The van der Waals surface area contributed by atoms with Crippen LogP contribution in [-0.4, -0.2) is 47.3 Å². The number of terminal acetylenes is 1. The number of benzene rings is 2. The lowest BCUT2D eigenvalue weighted by Crippen LogP contribution is -2.41. The number of nitrogens with one attached hydrogen (secondary N) is 1. The Kier molecular flexibility index (Phi) is 5.93. The van der Waals surface area contributed by atoms with Crippen LogP contribution < -0.4 is 10.2 Å². The van der Waals surface area contributed by atoms with Crippen LogP contribution in [0.2, 0.25) is 0 Å². The first-order valence-corrected chi connectivity index (χ1v) is 10.8. The first-order valence-electron chi connectivity index (χ1n) is 10.8. The van der Waals surface area contributed by atoms with Gasteiger partial charge >= 0.3 is 6.03 Å². The molecule has 2 heterocycles. The molecule has 0 bridgehead atoms. The maximum Gasteiger partial charge on any atom is 0.321 e. The Bertz CT molecular complexity index is 1250. The third kappa shape index (κ3) is 4.20. The van der Waals surface area contributed by atoms with E-state index < -0.39 is 0 Å². The van der Waals surface area contributed by atoms with Crippen LogP contribution in [0.3, 0.4) is 0 Å². The largest absolute Gasteiger partial charge is 0.341 e. The molecule has 2 aromatic carbocycles. The lowest BCUT2D eigenvalue weighted by atomic mass is 10.1. The standard InChI is InChI=1S/C26H27N5O2/c1-6-19-8-10-20(11-9-19)16-30-15-18(3)31-24(25(30)32)14-22(28-31)21-12-7-17(2)13-23(21)29(5)26(33)27-4/h1,7-14,18H,15-16H2,2-5H3,(H,27,33). The predicted molar refractivity (Wildman–Crippen MR) is 129 cm³/mol. The van der Waals surface area contributed by atoms with E-state index in [-0.39, 0.29) is 18.0 Å². The van der Waals surface area contributed by atoms with Gasteiger partial charge in [0.1, 0.15) is 5.69 Å². The lowest BCUT2D eigenvalue weighted by Gasteiger charge is -2.31. The Labute approximate surface area is 194 Å². The van der Waals surface area contributed by atoms with E-state index in [4.69, 9.17) is 11.5 Å². The number of aryl methyl sites for hydroxylation is 1. The molecule has 7 heteroatoms. The van der Waals surface area contributed by atoms with Crippen molar-refractivity contribution in [1.29, 1.82) is 0 Å². The minimum atomic E-state index is -0.225. The van der Waals surface area contributed by atoms with E-state index in [0.717, 1.165) is 27.9 Å². The van der Waals surface area contributed by atoms with Gasteiger partial charge in [0.15, 0.2) is 0 Å². The van der Waals surface area contributed by atoms with Crippen LogP contribution in [0.4, 0.5) is 10.5 Å². The summed E-state index contributed by atoms with van der Waals surface area (Å²) in [6, 6.07) is 15.2. The van der Waals surface area contributed by atoms with Crippen molar-refractivity contribution in [3.8, 4) is 23.6 Å². The average molecular weight is 442 g/mol. The number of aromatic nitrogens is 2.